The van der Waals surface area contributed by atoms with Gasteiger partial charge in [-0.05, 0) is 36.8 Å². The van der Waals surface area contributed by atoms with Gasteiger partial charge in [-0.3, -0.25) is 14.2 Å². The largest absolute Gasteiger partial charge is 0.348 e. The molecule has 0 spiro atoms. The van der Waals surface area contributed by atoms with E-state index in [1.54, 1.807) is 24.3 Å². The standard InChI is InChI=1S/C18H15Cl2N3O2/c1-11(13-4-2-3-5-15(13)20)22-17(24)9-23-10-21-16-7-6-12(19)8-14(16)18(23)25/h2-8,10-11H,9H2,1H3,(H,22,24). The van der Waals surface area contributed by atoms with Crippen LogP contribution in [-0.2, 0) is 11.3 Å². The number of hydrogen-bond donors (Lipinski definition) is 1. The second-order valence-corrected chi connectivity index (χ2v) is 6.49. The Morgan fingerprint density at radius 2 is 2.00 bits per heavy atom. The van der Waals surface area contributed by atoms with E-state index in [1.165, 1.54) is 10.9 Å². The first kappa shape index (κ1) is 17.5. The van der Waals surface area contributed by atoms with E-state index in [2.05, 4.69) is 10.3 Å². The highest BCUT2D eigenvalue weighted by molar-refractivity contribution is 6.31. The van der Waals surface area contributed by atoms with Gasteiger partial charge in [0.15, 0.2) is 0 Å². The molecule has 3 rings (SSSR count). The number of hydrogen-bond acceptors (Lipinski definition) is 3. The molecule has 0 aliphatic rings. The number of rotatable bonds is 4. The van der Waals surface area contributed by atoms with Gasteiger partial charge < -0.3 is 5.32 Å². The van der Waals surface area contributed by atoms with Crippen molar-refractivity contribution in [3.05, 3.63) is 74.8 Å². The maximum Gasteiger partial charge on any atom is 0.261 e. The number of aromatic nitrogens is 2. The summed E-state index contributed by atoms with van der Waals surface area (Å²) >= 11 is 12.1. The van der Waals surface area contributed by atoms with Crippen molar-refractivity contribution in [2.24, 2.45) is 0 Å². The smallest absolute Gasteiger partial charge is 0.261 e. The second kappa shape index (κ2) is 7.25. The zero-order valence-electron chi connectivity index (χ0n) is 13.4. The molecule has 7 heteroatoms. The van der Waals surface area contributed by atoms with E-state index in [0.29, 0.717) is 20.9 Å². The SMILES string of the molecule is CC(NC(=O)Cn1cnc2ccc(Cl)cc2c1=O)c1ccccc1Cl. The van der Waals surface area contributed by atoms with Crippen molar-refractivity contribution in [2.75, 3.05) is 0 Å². The molecule has 0 aliphatic carbocycles. The fourth-order valence-corrected chi connectivity index (χ4v) is 3.06. The molecule has 1 aromatic heterocycles. The minimum absolute atomic E-state index is 0.136. The van der Waals surface area contributed by atoms with Crippen molar-refractivity contribution in [2.45, 2.75) is 19.5 Å². The number of carbonyl (C=O) groups excluding carboxylic acids is 1. The first-order valence-electron chi connectivity index (χ1n) is 7.64. The molecular weight excluding hydrogens is 361 g/mol. The predicted molar refractivity (Wildman–Crippen MR) is 99.0 cm³/mol. The van der Waals surface area contributed by atoms with E-state index in [9.17, 15) is 9.59 Å². The Morgan fingerprint density at radius 3 is 2.76 bits per heavy atom. The van der Waals surface area contributed by atoms with Crippen LogP contribution < -0.4 is 10.9 Å². The van der Waals surface area contributed by atoms with Crippen LogP contribution in [-0.4, -0.2) is 15.5 Å². The van der Waals surface area contributed by atoms with Gasteiger partial charge in [-0.1, -0.05) is 41.4 Å². The summed E-state index contributed by atoms with van der Waals surface area (Å²) in [7, 11) is 0. The summed E-state index contributed by atoms with van der Waals surface area (Å²) in [6.45, 7) is 1.70. The number of fused-ring (bicyclic) bond motifs is 1. The third kappa shape index (κ3) is 3.83. The van der Waals surface area contributed by atoms with Crippen LogP contribution in [0.2, 0.25) is 10.0 Å². The molecule has 0 radical (unpaired) electrons. The van der Waals surface area contributed by atoms with Gasteiger partial charge in [0.2, 0.25) is 5.91 Å². The van der Waals surface area contributed by atoms with Crippen LogP contribution in [0.25, 0.3) is 10.9 Å². The monoisotopic (exact) mass is 375 g/mol. The molecule has 25 heavy (non-hydrogen) atoms. The van der Waals surface area contributed by atoms with Crippen LogP contribution >= 0.6 is 23.2 Å². The van der Waals surface area contributed by atoms with Gasteiger partial charge in [0, 0.05) is 10.0 Å². The van der Waals surface area contributed by atoms with Crippen molar-refractivity contribution >= 4 is 40.0 Å². The Balaban J connectivity index is 1.79. The molecule has 1 N–H and O–H groups in total. The third-order valence-electron chi connectivity index (χ3n) is 3.85. The molecule has 0 saturated carbocycles. The van der Waals surface area contributed by atoms with Crippen molar-refractivity contribution in [3.8, 4) is 0 Å². The summed E-state index contributed by atoms with van der Waals surface area (Å²) in [4.78, 5) is 29.0. The lowest BCUT2D eigenvalue weighted by Gasteiger charge is -2.16. The predicted octanol–water partition coefficient (Wildman–Crippen LogP) is 3.58. The Morgan fingerprint density at radius 1 is 1.24 bits per heavy atom. The van der Waals surface area contributed by atoms with Crippen LogP contribution in [0.3, 0.4) is 0 Å². The van der Waals surface area contributed by atoms with Crippen molar-refractivity contribution in [3.63, 3.8) is 0 Å². The van der Waals surface area contributed by atoms with E-state index in [4.69, 9.17) is 23.2 Å². The Labute approximate surface area is 154 Å². The summed E-state index contributed by atoms with van der Waals surface area (Å²) < 4.78 is 1.26. The quantitative estimate of drug-likeness (QED) is 0.757. The summed E-state index contributed by atoms with van der Waals surface area (Å²) in [5, 5.41) is 4.24. The highest BCUT2D eigenvalue weighted by Gasteiger charge is 2.14. The van der Waals surface area contributed by atoms with E-state index in [0.717, 1.165) is 5.56 Å². The number of benzene rings is 2. The topological polar surface area (TPSA) is 64.0 Å². The molecule has 0 bridgehead atoms. The Bertz CT molecular complexity index is 1000. The van der Waals surface area contributed by atoms with Gasteiger partial charge in [0.05, 0.1) is 23.3 Å². The molecule has 5 nitrogen and oxygen atoms in total. The number of nitrogens with one attached hydrogen (secondary N) is 1. The first-order chi connectivity index (χ1) is 12.0. The molecule has 1 heterocycles. The van der Waals surface area contributed by atoms with Gasteiger partial charge in [0.25, 0.3) is 5.56 Å². The lowest BCUT2D eigenvalue weighted by molar-refractivity contribution is -0.122. The minimum Gasteiger partial charge on any atom is -0.348 e. The molecular formula is C18H15Cl2N3O2. The number of amides is 1. The van der Waals surface area contributed by atoms with Crippen LogP contribution in [0.1, 0.15) is 18.5 Å². The van der Waals surface area contributed by atoms with E-state index < -0.39 is 0 Å². The molecule has 1 unspecified atom stereocenters. The Kier molecular flexibility index (Phi) is 5.06. The molecule has 0 saturated heterocycles. The summed E-state index contributed by atoms with van der Waals surface area (Å²) in [6.07, 6.45) is 1.36. The van der Waals surface area contributed by atoms with Gasteiger partial charge in [-0.15, -0.1) is 0 Å². The normalized spacial score (nSPS) is 12.1. The molecule has 1 atom stereocenters. The van der Waals surface area contributed by atoms with Crippen molar-refractivity contribution in [1.29, 1.82) is 0 Å². The van der Waals surface area contributed by atoms with Crippen molar-refractivity contribution < 1.29 is 4.79 Å². The molecule has 1 amide bonds. The zero-order valence-corrected chi connectivity index (χ0v) is 14.9. The van der Waals surface area contributed by atoms with E-state index in [1.807, 2.05) is 25.1 Å². The van der Waals surface area contributed by atoms with Crippen LogP contribution in [0.15, 0.2) is 53.6 Å². The Hall–Kier alpha value is -2.37. The fraction of sp³-hybridized carbons (Fsp3) is 0.167. The first-order valence-corrected chi connectivity index (χ1v) is 8.40. The average molecular weight is 376 g/mol. The summed E-state index contributed by atoms with van der Waals surface area (Å²) in [5.41, 5.74) is 1.04. The van der Waals surface area contributed by atoms with E-state index >= 15 is 0 Å². The van der Waals surface area contributed by atoms with Gasteiger partial charge in [-0.25, -0.2) is 4.98 Å². The van der Waals surface area contributed by atoms with Crippen LogP contribution in [0.5, 0.6) is 0 Å². The highest BCUT2D eigenvalue weighted by atomic mass is 35.5. The van der Waals surface area contributed by atoms with E-state index in [-0.39, 0.29) is 24.1 Å². The maximum absolute atomic E-state index is 12.5. The second-order valence-electron chi connectivity index (χ2n) is 5.65. The summed E-state index contributed by atoms with van der Waals surface area (Å²) in [6, 6.07) is 11.9. The van der Waals surface area contributed by atoms with Gasteiger partial charge in [-0.2, -0.15) is 0 Å². The molecule has 2 aromatic carbocycles. The number of halogens is 2. The number of carbonyl (C=O) groups is 1. The summed E-state index contributed by atoms with van der Waals surface area (Å²) in [5.74, 6) is -0.308. The minimum atomic E-state index is -0.312. The van der Waals surface area contributed by atoms with Gasteiger partial charge >= 0.3 is 0 Å². The highest BCUT2D eigenvalue weighted by Crippen LogP contribution is 2.22. The molecule has 3 aromatic rings. The zero-order chi connectivity index (χ0) is 18.0. The lowest BCUT2D eigenvalue weighted by atomic mass is 10.1. The molecule has 0 fully saturated rings. The van der Waals surface area contributed by atoms with Crippen LogP contribution in [0.4, 0.5) is 0 Å². The average Bonchev–Trinajstić information content (AvgIpc) is 2.58. The lowest BCUT2D eigenvalue weighted by Crippen LogP contribution is -2.34. The fourth-order valence-electron chi connectivity index (χ4n) is 2.59. The number of nitrogens with zero attached hydrogens (tertiary/aromatic N) is 2. The molecule has 128 valence electrons. The third-order valence-corrected chi connectivity index (χ3v) is 4.43. The maximum atomic E-state index is 12.5. The van der Waals surface area contributed by atoms with Gasteiger partial charge in [0.1, 0.15) is 6.54 Å². The van der Waals surface area contributed by atoms with Crippen LogP contribution in [0, 0.1) is 0 Å². The molecule has 0 aliphatic heterocycles. The van der Waals surface area contributed by atoms with Crippen molar-refractivity contribution in [1.82, 2.24) is 14.9 Å².